The van der Waals surface area contributed by atoms with Crippen molar-refractivity contribution in [2.45, 2.75) is 38.6 Å². The molecular formula is C15H21FN2O. The van der Waals surface area contributed by atoms with E-state index < -0.39 is 0 Å². The van der Waals surface area contributed by atoms with E-state index in [1.54, 1.807) is 19.2 Å². The summed E-state index contributed by atoms with van der Waals surface area (Å²) in [5, 5.41) is 2.79. The number of para-hydroxylation sites is 1. The normalized spacial score (nSPS) is 19.3. The molecule has 1 aliphatic rings. The van der Waals surface area contributed by atoms with Gasteiger partial charge >= 0.3 is 0 Å². The molecule has 1 saturated heterocycles. The van der Waals surface area contributed by atoms with Crippen LogP contribution in [0.1, 0.15) is 43.0 Å². The number of benzene rings is 1. The van der Waals surface area contributed by atoms with Crippen molar-refractivity contribution in [3.63, 3.8) is 0 Å². The van der Waals surface area contributed by atoms with Gasteiger partial charge in [-0.2, -0.15) is 0 Å². The van der Waals surface area contributed by atoms with Crippen LogP contribution in [-0.4, -0.2) is 30.4 Å². The number of nitrogens with one attached hydrogen (secondary N) is 1. The van der Waals surface area contributed by atoms with Gasteiger partial charge in [-0.1, -0.05) is 13.0 Å². The van der Waals surface area contributed by atoms with Crippen LogP contribution in [0.25, 0.3) is 0 Å². The molecule has 19 heavy (non-hydrogen) atoms. The van der Waals surface area contributed by atoms with Gasteiger partial charge in [-0.25, -0.2) is 4.39 Å². The van der Waals surface area contributed by atoms with Gasteiger partial charge in [0.2, 0.25) is 0 Å². The Morgan fingerprint density at radius 3 is 2.95 bits per heavy atom. The number of likely N-dealkylation sites (tertiary alicyclic amines) is 1. The van der Waals surface area contributed by atoms with Crippen molar-refractivity contribution in [1.29, 1.82) is 0 Å². The Bertz CT molecular complexity index is 461. The SMILES string of the molecule is CCC1CCCCN1C(=O)c1cccc(F)c1NC. The van der Waals surface area contributed by atoms with E-state index in [0.29, 0.717) is 11.3 Å². The van der Waals surface area contributed by atoms with Gasteiger partial charge in [-0.3, -0.25) is 4.79 Å². The molecule has 104 valence electrons. The van der Waals surface area contributed by atoms with Crippen LogP contribution in [0.3, 0.4) is 0 Å². The Kier molecular flexibility index (Phi) is 4.40. The molecule has 2 rings (SSSR count). The Labute approximate surface area is 113 Å². The minimum absolute atomic E-state index is 0.0598. The molecule has 0 saturated carbocycles. The maximum absolute atomic E-state index is 13.7. The molecule has 1 N–H and O–H groups in total. The lowest BCUT2D eigenvalue weighted by molar-refractivity contribution is 0.0608. The standard InChI is InChI=1S/C15H21FN2O/c1-3-11-7-4-5-10-18(11)15(19)12-8-6-9-13(16)14(12)17-2/h6,8-9,11,17H,3-5,7,10H2,1-2H3. The largest absolute Gasteiger partial charge is 0.385 e. The summed E-state index contributed by atoms with van der Waals surface area (Å²) in [5.74, 6) is -0.436. The van der Waals surface area contributed by atoms with E-state index in [4.69, 9.17) is 0 Å². The molecule has 0 aliphatic carbocycles. The number of anilines is 1. The topological polar surface area (TPSA) is 32.3 Å². The molecule has 3 nitrogen and oxygen atoms in total. The van der Waals surface area contributed by atoms with Gasteiger partial charge in [-0.05, 0) is 37.8 Å². The Morgan fingerprint density at radius 2 is 2.26 bits per heavy atom. The van der Waals surface area contributed by atoms with Gasteiger partial charge in [-0.15, -0.1) is 0 Å². The highest BCUT2D eigenvalue weighted by molar-refractivity contribution is 6.00. The summed E-state index contributed by atoms with van der Waals surface area (Å²) < 4.78 is 13.7. The molecule has 1 aliphatic heterocycles. The van der Waals surface area contributed by atoms with E-state index in [1.807, 2.05) is 4.90 Å². The summed E-state index contributed by atoms with van der Waals surface area (Å²) in [4.78, 5) is 14.5. The monoisotopic (exact) mass is 264 g/mol. The molecule has 1 aromatic rings. The fourth-order valence-electron chi connectivity index (χ4n) is 2.80. The molecule has 1 unspecified atom stereocenters. The number of halogens is 1. The molecule has 0 radical (unpaired) electrons. The zero-order chi connectivity index (χ0) is 13.8. The highest BCUT2D eigenvalue weighted by Gasteiger charge is 2.28. The zero-order valence-corrected chi connectivity index (χ0v) is 11.6. The van der Waals surface area contributed by atoms with Crippen LogP contribution in [0.5, 0.6) is 0 Å². The number of piperidine rings is 1. The van der Waals surface area contributed by atoms with E-state index in [9.17, 15) is 9.18 Å². The van der Waals surface area contributed by atoms with Crippen LogP contribution in [-0.2, 0) is 0 Å². The first-order valence-corrected chi connectivity index (χ1v) is 6.96. The number of carbonyl (C=O) groups is 1. The molecule has 0 spiro atoms. The number of rotatable bonds is 3. The number of carbonyl (C=O) groups excluding carboxylic acids is 1. The van der Waals surface area contributed by atoms with Crippen molar-refractivity contribution in [3.8, 4) is 0 Å². The Morgan fingerprint density at radius 1 is 1.47 bits per heavy atom. The average Bonchev–Trinajstić information content (AvgIpc) is 2.46. The fraction of sp³-hybridized carbons (Fsp3) is 0.533. The smallest absolute Gasteiger partial charge is 0.256 e. The first-order chi connectivity index (χ1) is 9.19. The van der Waals surface area contributed by atoms with Crippen molar-refractivity contribution in [1.82, 2.24) is 4.90 Å². The quantitative estimate of drug-likeness (QED) is 0.908. The minimum Gasteiger partial charge on any atom is -0.385 e. The highest BCUT2D eigenvalue weighted by atomic mass is 19.1. The van der Waals surface area contributed by atoms with Crippen molar-refractivity contribution in [2.24, 2.45) is 0 Å². The van der Waals surface area contributed by atoms with E-state index in [2.05, 4.69) is 12.2 Å². The van der Waals surface area contributed by atoms with E-state index in [1.165, 1.54) is 12.5 Å². The summed E-state index contributed by atoms with van der Waals surface area (Å²) in [7, 11) is 1.64. The fourth-order valence-corrected chi connectivity index (χ4v) is 2.80. The van der Waals surface area contributed by atoms with E-state index >= 15 is 0 Å². The first-order valence-electron chi connectivity index (χ1n) is 6.96. The number of amides is 1. The molecule has 0 aromatic heterocycles. The Balaban J connectivity index is 2.30. The minimum atomic E-state index is -0.376. The average molecular weight is 264 g/mol. The van der Waals surface area contributed by atoms with Crippen LogP contribution >= 0.6 is 0 Å². The summed E-state index contributed by atoms with van der Waals surface area (Å²) >= 11 is 0. The second-order valence-corrected chi connectivity index (χ2v) is 4.97. The molecular weight excluding hydrogens is 243 g/mol. The molecule has 1 fully saturated rings. The first kappa shape index (κ1) is 13.8. The van der Waals surface area contributed by atoms with Crippen LogP contribution in [0.2, 0.25) is 0 Å². The molecule has 1 heterocycles. The lowest BCUT2D eigenvalue weighted by atomic mass is 9.98. The number of hydrogen-bond donors (Lipinski definition) is 1. The second-order valence-electron chi connectivity index (χ2n) is 4.97. The summed E-state index contributed by atoms with van der Waals surface area (Å²) in [5.41, 5.74) is 0.732. The molecule has 0 bridgehead atoms. The molecule has 1 atom stereocenters. The van der Waals surface area contributed by atoms with Gasteiger partial charge in [0, 0.05) is 19.6 Å². The number of nitrogens with zero attached hydrogens (tertiary/aromatic N) is 1. The second kappa shape index (κ2) is 6.04. The van der Waals surface area contributed by atoms with Gasteiger partial charge < -0.3 is 10.2 Å². The van der Waals surface area contributed by atoms with Crippen molar-refractivity contribution in [3.05, 3.63) is 29.6 Å². The lowest BCUT2D eigenvalue weighted by Crippen LogP contribution is -2.43. The molecule has 1 amide bonds. The number of hydrogen-bond acceptors (Lipinski definition) is 2. The van der Waals surface area contributed by atoms with Gasteiger partial charge in [0.15, 0.2) is 0 Å². The predicted molar refractivity (Wildman–Crippen MR) is 74.9 cm³/mol. The van der Waals surface area contributed by atoms with Crippen LogP contribution in [0.4, 0.5) is 10.1 Å². The third-order valence-electron chi connectivity index (χ3n) is 3.85. The zero-order valence-electron chi connectivity index (χ0n) is 11.6. The van der Waals surface area contributed by atoms with Crippen molar-refractivity contribution >= 4 is 11.6 Å². The maximum atomic E-state index is 13.7. The maximum Gasteiger partial charge on any atom is 0.256 e. The predicted octanol–water partition coefficient (Wildman–Crippen LogP) is 3.27. The van der Waals surface area contributed by atoms with Crippen molar-refractivity contribution in [2.75, 3.05) is 18.9 Å². The summed E-state index contributed by atoms with van der Waals surface area (Å²) in [6.07, 6.45) is 4.21. The summed E-state index contributed by atoms with van der Waals surface area (Å²) in [6.45, 7) is 2.87. The highest BCUT2D eigenvalue weighted by Crippen LogP contribution is 2.26. The van der Waals surface area contributed by atoms with Gasteiger partial charge in [0.05, 0.1) is 11.3 Å². The van der Waals surface area contributed by atoms with Crippen molar-refractivity contribution < 1.29 is 9.18 Å². The third-order valence-corrected chi connectivity index (χ3v) is 3.85. The van der Waals surface area contributed by atoms with Gasteiger partial charge in [0.1, 0.15) is 5.82 Å². The van der Waals surface area contributed by atoms with Crippen LogP contribution in [0.15, 0.2) is 18.2 Å². The van der Waals surface area contributed by atoms with Gasteiger partial charge in [0.25, 0.3) is 5.91 Å². The molecule has 4 heteroatoms. The lowest BCUT2D eigenvalue weighted by Gasteiger charge is -2.35. The van der Waals surface area contributed by atoms with E-state index in [0.717, 1.165) is 25.8 Å². The van der Waals surface area contributed by atoms with E-state index in [-0.39, 0.29) is 17.8 Å². The third kappa shape index (κ3) is 2.72. The Hall–Kier alpha value is -1.58. The van der Waals surface area contributed by atoms with Crippen LogP contribution < -0.4 is 5.32 Å². The molecule has 1 aromatic carbocycles. The summed E-state index contributed by atoms with van der Waals surface area (Å²) in [6, 6.07) is 4.94. The van der Waals surface area contributed by atoms with Crippen LogP contribution in [0, 0.1) is 5.82 Å².